The van der Waals surface area contributed by atoms with E-state index in [4.69, 9.17) is 0 Å². The van der Waals surface area contributed by atoms with Crippen LogP contribution in [0.3, 0.4) is 0 Å². The molecule has 1 N–H and O–H groups in total. The van der Waals surface area contributed by atoms with Gasteiger partial charge in [0.15, 0.2) is 0 Å². The van der Waals surface area contributed by atoms with E-state index in [1.165, 1.54) is 0 Å². The van der Waals surface area contributed by atoms with Crippen LogP contribution in [0.5, 0.6) is 0 Å². The molecule has 2 aromatic rings. The fourth-order valence-corrected chi connectivity index (χ4v) is 5.42. The lowest BCUT2D eigenvalue weighted by atomic mass is 9.51. The topological polar surface area (TPSA) is 101 Å². The van der Waals surface area contributed by atoms with Gasteiger partial charge < -0.3 is 5.11 Å². The third kappa shape index (κ3) is 1.66. The van der Waals surface area contributed by atoms with Gasteiger partial charge in [-0.2, -0.15) is 0 Å². The zero-order chi connectivity index (χ0) is 18.9. The Morgan fingerprint density at radius 3 is 2.07 bits per heavy atom. The first-order chi connectivity index (χ1) is 13.0. The van der Waals surface area contributed by atoms with Crippen molar-refractivity contribution in [2.45, 2.75) is 11.5 Å². The highest BCUT2D eigenvalue weighted by Crippen LogP contribution is 2.64. The number of hydrogen-bond acceptors (Lipinski definition) is 5. The zero-order valence-electron chi connectivity index (χ0n) is 14.2. The Morgan fingerprint density at radius 1 is 1.00 bits per heavy atom. The lowest BCUT2D eigenvalue weighted by Gasteiger charge is -2.48. The molecular weight excluding hydrogens is 348 g/mol. The van der Waals surface area contributed by atoms with Gasteiger partial charge in [0.05, 0.1) is 19.1 Å². The van der Waals surface area contributed by atoms with Crippen LogP contribution in [0.1, 0.15) is 28.2 Å². The van der Waals surface area contributed by atoms with Gasteiger partial charge in [-0.3, -0.25) is 24.6 Å². The highest BCUT2D eigenvalue weighted by Gasteiger charge is 2.74. The molecular formula is C20H16N2O5. The number of nitro groups is 1. The van der Waals surface area contributed by atoms with Gasteiger partial charge in [0.2, 0.25) is 11.8 Å². The molecule has 0 spiro atoms. The van der Waals surface area contributed by atoms with Crippen molar-refractivity contribution in [2.75, 3.05) is 13.2 Å². The number of imide groups is 1. The molecule has 2 amide bonds. The minimum absolute atomic E-state index is 0.141. The summed E-state index contributed by atoms with van der Waals surface area (Å²) in [5, 5.41) is 21.9. The molecule has 1 aliphatic heterocycles. The van der Waals surface area contributed by atoms with E-state index < -0.39 is 40.0 Å². The average Bonchev–Trinajstić information content (AvgIpc) is 2.94. The van der Waals surface area contributed by atoms with Gasteiger partial charge in [-0.25, -0.2) is 0 Å². The number of rotatable bonds is 3. The Labute approximate surface area is 154 Å². The van der Waals surface area contributed by atoms with Crippen LogP contribution in [0.4, 0.5) is 0 Å². The predicted octanol–water partition coefficient (Wildman–Crippen LogP) is 1.26. The summed E-state index contributed by atoms with van der Waals surface area (Å²) in [6, 6.07) is 14.1. The van der Waals surface area contributed by atoms with Crippen molar-refractivity contribution in [1.29, 1.82) is 0 Å². The number of carbonyl (C=O) groups is 2. The molecule has 6 rings (SSSR count). The standard InChI is InChI=1S/C20H16N2O5/c23-10-9-21-18(24)16-15-11-5-1-3-7-13(11)20(22(26)27,17(16)19(21)25)14-8-4-2-6-12(14)15/h1-8,15-17,23H,9-10H2. The van der Waals surface area contributed by atoms with E-state index in [0.717, 1.165) is 16.0 Å². The van der Waals surface area contributed by atoms with Gasteiger partial charge in [0.1, 0.15) is 5.92 Å². The van der Waals surface area contributed by atoms with E-state index in [-0.39, 0.29) is 13.2 Å². The van der Waals surface area contributed by atoms with Crippen molar-refractivity contribution in [3.63, 3.8) is 0 Å². The van der Waals surface area contributed by atoms with Crippen LogP contribution in [0.15, 0.2) is 48.5 Å². The molecule has 136 valence electrons. The SMILES string of the molecule is O=C1C2C3c4ccccc4C([N+](=O)[O-])(c4ccccc43)C2C(=O)N1CCO. The molecule has 2 atom stereocenters. The van der Waals surface area contributed by atoms with Crippen LogP contribution >= 0.6 is 0 Å². The maximum absolute atomic E-state index is 13.1. The van der Waals surface area contributed by atoms with Crippen molar-refractivity contribution in [1.82, 2.24) is 4.90 Å². The molecule has 1 heterocycles. The van der Waals surface area contributed by atoms with Gasteiger partial charge in [-0.05, 0) is 11.1 Å². The van der Waals surface area contributed by atoms with Crippen LogP contribution < -0.4 is 0 Å². The summed E-state index contributed by atoms with van der Waals surface area (Å²) in [5.41, 5.74) is 0.671. The number of nitrogens with zero attached hydrogens (tertiary/aromatic N) is 2. The maximum atomic E-state index is 13.1. The number of aliphatic hydroxyl groups excluding tert-OH is 1. The second-order valence-electron chi connectivity index (χ2n) is 7.23. The molecule has 0 aromatic heterocycles. The number of amides is 2. The van der Waals surface area contributed by atoms with Crippen molar-refractivity contribution in [3.05, 3.63) is 80.9 Å². The lowest BCUT2D eigenvalue weighted by molar-refractivity contribution is -0.578. The monoisotopic (exact) mass is 364 g/mol. The van der Waals surface area contributed by atoms with E-state index in [9.17, 15) is 24.8 Å². The van der Waals surface area contributed by atoms with Gasteiger partial charge in [-0.1, -0.05) is 48.5 Å². The van der Waals surface area contributed by atoms with Crippen LogP contribution in [0, 0.1) is 22.0 Å². The van der Waals surface area contributed by atoms with Crippen LogP contribution in [-0.2, 0) is 15.1 Å². The van der Waals surface area contributed by atoms with Crippen LogP contribution in [0.2, 0.25) is 0 Å². The molecule has 4 aliphatic rings. The van der Waals surface area contributed by atoms with Crippen LogP contribution in [0.25, 0.3) is 0 Å². The van der Waals surface area contributed by atoms with Crippen molar-refractivity contribution >= 4 is 11.8 Å². The fraction of sp³-hybridized carbons (Fsp3) is 0.300. The highest BCUT2D eigenvalue weighted by atomic mass is 16.6. The molecule has 1 saturated heterocycles. The number of aliphatic hydroxyl groups is 1. The third-order valence-corrected chi connectivity index (χ3v) is 6.28. The first-order valence-corrected chi connectivity index (χ1v) is 8.84. The Morgan fingerprint density at radius 2 is 1.56 bits per heavy atom. The highest BCUT2D eigenvalue weighted by molar-refractivity contribution is 6.08. The number of β-amino-alcohol motifs (C(OH)–C–C–N with tert-alkyl or cyclic N) is 1. The summed E-state index contributed by atoms with van der Waals surface area (Å²) in [4.78, 5) is 39.4. The van der Waals surface area contributed by atoms with Crippen molar-refractivity contribution < 1.29 is 19.6 Å². The van der Waals surface area contributed by atoms with Crippen molar-refractivity contribution in [3.8, 4) is 0 Å². The molecule has 2 aromatic carbocycles. The summed E-state index contributed by atoms with van der Waals surface area (Å²) in [5.74, 6) is -3.31. The third-order valence-electron chi connectivity index (χ3n) is 6.28. The van der Waals surface area contributed by atoms with E-state index >= 15 is 0 Å². The minimum Gasteiger partial charge on any atom is -0.395 e. The van der Waals surface area contributed by atoms with Crippen molar-refractivity contribution in [2.24, 2.45) is 11.8 Å². The molecule has 0 saturated carbocycles. The first kappa shape index (κ1) is 16.1. The maximum Gasteiger partial charge on any atom is 0.284 e. The van der Waals surface area contributed by atoms with E-state index in [0.29, 0.717) is 11.1 Å². The zero-order valence-corrected chi connectivity index (χ0v) is 14.2. The number of hydrogen-bond donors (Lipinski definition) is 1. The second kappa shape index (κ2) is 5.23. The Hall–Kier alpha value is -3.06. The van der Waals surface area contributed by atoms with Gasteiger partial charge in [0, 0.05) is 22.0 Å². The number of benzene rings is 2. The quantitative estimate of drug-likeness (QED) is 0.502. The fourth-order valence-electron chi connectivity index (χ4n) is 5.42. The molecule has 1 fully saturated rings. The molecule has 7 nitrogen and oxygen atoms in total. The van der Waals surface area contributed by atoms with Gasteiger partial charge >= 0.3 is 0 Å². The normalized spacial score (nSPS) is 30.1. The van der Waals surface area contributed by atoms with E-state index in [1.54, 1.807) is 36.4 Å². The molecule has 27 heavy (non-hydrogen) atoms. The summed E-state index contributed by atoms with van der Waals surface area (Å²) >= 11 is 0. The molecule has 7 heteroatoms. The van der Waals surface area contributed by atoms with E-state index in [2.05, 4.69) is 0 Å². The molecule has 2 bridgehead atoms. The minimum atomic E-state index is -1.79. The number of carbonyl (C=O) groups excluding carboxylic acids is 2. The largest absolute Gasteiger partial charge is 0.395 e. The summed E-state index contributed by atoms with van der Waals surface area (Å²) in [6.07, 6.45) is 0. The Bertz CT molecular complexity index is 969. The smallest absolute Gasteiger partial charge is 0.284 e. The Kier molecular flexibility index (Phi) is 3.13. The number of likely N-dealkylation sites (tertiary alicyclic amines) is 1. The Balaban J connectivity index is 1.89. The van der Waals surface area contributed by atoms with E-state index in [1.807, 2.05) is 12.1 Å². The second-order valence-corrected chi connectivity index (χ2v) is 7.23. The summed E-state index contributed by atoms with van der Waals surface area (Å²) in [7, 11) is 0. The lowest BCUT2D eigenvalue weighted by Crippen LogP contribution is -2.57. The van der Waals surface area contributed by atoms with Gasteiger partial charge in [0.25, 0.3) is 5.54 Å². The first-order valence-electron chi connectivity index (χ1n) is 8.84. The van der Waals surface area contributed by atoms with Crippen LogP contribution in [-0.4, -0.2) is 39.9 Å². The predicted molar refractivity (Wildman–Crippen MR) is 93.3 cm³/mol. The van der Waals surface area contributed by atoms with Gasteiger partial charge in [-0.15, -0.1) is 0 Å². The molecule has 2 unspecified atom stereocenters. The molecule has 3 aliphatic carbocycles. The average molecular weight is 364 g/mol. The summed E-state index contributed by atoms with van der Waals surface area (Å²) < 4.78 is 0. The summed E-state index contributed by atoms with van der Waals surface area (Å²) in [6.45, 7) is -0.509. The molecule has 0 radical (unpaired) electrons.